The van der Waals surface area contributed by atoms with Gasteiger partial charge in [-0.2, -0.15) is 0 Å². The molecule has 1 aliphatic carbocycles. The fourth-order valence-electron chi connectivity index (χ4n) is 3.45. The van der Waals surface area contributed by atoms with Crippen LogP contribution in [0.2, 0.25) is 0 Å². The molecule has 0 N–H and O–H groups in total. The Bertz CT molecular complexity index is 635. The fraction of sp³-hybridized carbons (Fsp3) is 0.474. The third kappa shape index (κ3) is 3.99. The summed E-state index contributed by atoms with van der Waals surface area (Å²) in [7, 11) is 1.39. The normalized spacial score (nSPS) is 25.1. The number of carbonyl (C=O) groups is 1. The van der Waals surface area contributed by atoms with Gasteiger partial charge in [0.1, 0.15) is 0 Å². The number of nitrogens with zero attached hydrogens (tertiary/aromatic N) is 1. The topological polar surface area (TPSA) is 47.9 Å². The molecule has 1 aromatic carbocycles. The van der Waals surface area contributed by atoms with Crippen LogP contribution in [0.4, 0.5) is 0 Å². The van der Waals surface area contributed by atoms with Crippen LogP contribution in [0.3, 0.4) is 0 Å². The molecule has 2 atom stereocenters. The summed E-state index contributed by atoms with van der Waals surface area (Å²) < 4.78 is 11.8. The van der Waals surface area contributed by atoms with Gasteiger partial charge in [-0.05, 0) is 53.5 Å². The molecule has 24 heavy (non-hydrogen) atoms. The predicted molar refractivity (Wildman–Crippen MR) is 102 cm³/mol. The van der Waals surface area contributed by atoms with Crippen molar-refractivity contribution in [1.29, 1.82) is 0 Å². The molecule has 0 radical (unpaired) electrons. The van der Waals surface area contributed by atoms with E-state index in [1.54, 1.807) is 0 Å². The Morgan fingerprint density at radius 1 is 1.25 bits per heavy atom. The summed E-state index contributed by atoms with van der Waals surface area (Å²) in [5, 5.41) is 0. The largest absolute Gasteiger partial charge is 0.466 e. The molecule has 1 aromatic rings. The van der Waals surface area contributed by atoms with Gasteiger partial charge in [-0.15, -0.1) is 0 Å². The van der Waals surface area contributed by atoms with E-state index in [1.165, 1.54) is 45.3 Å². The summed E-state index contributed by atoms with van der Waals surface area (Å²) in [6.07, 6.45) is 7.49. The Morgan fingerprint density at radius 3 is 2.62 bits per heavy atom. The van der Waals surface area contributed by atoms with Crippen molar-refractivity contribution in [3.63, 3.8) is 0 Å². The number of hydrogen-bond acceptors (Lipinski definition) is 4. The van der Waals surface area contributed by atoms with Gasteiger partial charge in [0.05, 0.1) is 13.2 Å². The smallest absolute Gasteiger partial charge is 0.331 e. The molecule has 1 aliphatic heterocycles. The Kier molecular flexibility index (Phi) is 5.92. The van der Waals surface area contributed by atoms with E-state index in [0.29, 0.717) is 11.8 Å². The first kappa shape index (κ1) is 17.5. The molecule has 0 aromatic heterocycles. The van der Waals surface area contributed by atoms with Crippen molar-refractivity contribution in [2.75, 3.05) is 7.11 Å². The van der Waals surface area contributed by atoms with Gasteiger partial charge >= 0.3 is 5.97 Å². The van der Waals surface area contributed by atoms with Crippen LogP contribution < -0.4 is 0 Å². The third-order valence-electron chi connectivity index (χ3n) is 4.70. The van der Waals surface area contributed by atoms with Crippen molar-refractivity contribution >= 4 is 34.5 Å². The van der Waals surface area contributed by atoms with Crippen molar-refractivity contribution in [3.05, 3.63) is 45.6 Å². The summed E-state index contributed by atoms with van der Waals surface area (Å²) in [5.74, 6) is 0.850. The highest BCUT2D eigenvalue weighted by atomic mass is 127. The molecular weight excluding hydrogens is 417 g/mol. The summed E-state index contributed by atoms with van der Waals surface area (Å²) >= 11 is 2.18. The lowest BCUT2D eigenvalue weighted by molar-refractivity contribution is -0.134. The Labute approximate surface area is 156 Å². The Hall–Kier alpha value is -1.37. The Morgan fingerprint density at radius 2 is 1.96 bits per heavy atom. The second-order valence-electron chi connectivity index (χ2n) is 6.28. The second kappa shape index (κ2) is 8.14. The van der Waals surface area contributed by atoms with Gasteiger partial charge in [-0.1, -0.05) is 37.5 Å². The highest BCUT2D eigenvalue weighted by Gasteiger charge is 2.39. The molecule has 1 saturated carbocycles. The van der Waals surface area contributed by atoms with Crippen molar-refractivity contribution in [2.45, 2.75) is 44.2 Å². The first-order valence-corrected chi connectivity index (χ1v) is 9.52. The first-order chi connectivity index (χ1) is 11.7. The maximum atomic E-state index is 11.6. The number of benzene rings is 1. The molecule has 4 nitrogen and oxygen atoms in total. The minimum atomic E-state index is -0.349. The first-order valence-electron chi connectivity index (χ1n) is 8.44. The molecule has 128 valence electrons. The predicted octanol–water partition coefficient (Wildman–Crippen LogP) is 4.27. The van der Waals surface area contributed by atoms with Crippen molar-refractivity contribution in [3.8, 4) is 0 Å². The van der Waals surface area contributed by atoms with E-state index in [1.807, 2.05) is 30.3 Å². The molecule has 1 heterocycles. The van der Waals surface area contributed by atoms with Crippen LogP contribution in [0.25, 0.3) is 0 Å². The molecule has 2 aliphatic rings. The van der Waals surface area contributed by atoms with Crippen molar-refractivity contribution in [1.82, 2.24) is 0 Å². The molecule has 0 bridgehead atoms. The molecule has 3 rings (SSSR count). The average Bonchev–Trinajstić information content (AvgIpc) is 3.08. The average molecular weight is 439 g/mol. The van der Waals surface area contributed by atoms with Crippen LogP contribution in [0, 0.1) is 5.92 Å². The number of hydrogen-bond donors (Lipinski definition) is 0. The highest BCUT2D eigenvalue weighted by molar-refractivity contribution is 14.1. The molecule has 0 unspecified atom stereocenters. The zero-order valence-corrected chi connectivity index (χ0v) is 15.9. The molecule has 0 saturated heterocycles. The number of rotatable bonds is 4. The van der Waals surface area contributed by atoms with Gasteiger partial charge in [0, 0.05) is 15.2 Å². The minimum Gasteiger partial charge on any atom is -0.466 e. The van der Waals surface area contributed by atoms with Crippen LogP contribution in [0.1, 0.15) is 37.7 Å². The Balaban J connectivity index is 1.87. The maximum Gasteiger partial charge on any atom is 0.331 e. The van der Waals surface area contributed by atoms with E-state index in [0.717, 1.165) is 9.14 Å². The molecule has 0 amide bonds. The molecule has 1 fully saturated rings. The lowest BCUT2D eigenvalue weighted by atomic mass is 9.82. The van der Waals surface area contributed by atoms with Crippen LogP contribution in [-0.4, -0.2) is 31.1 Å². The van der Waals surface area contributed by atoms with E-state index in [-0.39, 0.29) is 18.1 Å². The van der Waals surface area contributed by atoms with Gasteiger partial charge < -0.3 is 9.47 Å². The zero-order valence-electron chi connectivity index (χ0n) is 13.8. The SMILES string of the molecule is COC(=O)/C=C(\I)[C@H]1OC(c2ccccc2)=N[C@@H]1C1CCCCC1. The van der Waals surface area contributed by atoms with E-state index in [4.69, 9.17) is 14.5 Å². The van der Waals surface area contributed by atoms with Gasteiger partial charge in [-0.3, -0.25) is 0 Å². The quantitative estimate of drug-likeness (QED) is 0.400. The van der Waals surface area contributed by atoms with Crippen LogP contribution >= 0.6 is 22.6 Å². The monoisotopic (exact) mass is 439 g/mol. The van der Waals surface area contributed by atoms with Gasteiger partial charge in [0.2, 0.25) is 5.90 Å². The van der Waals surface area contributed by atoms with E-state index in [9.17, 15) is 4.79 Å². The number of ether oxygens (including phenoxy) is 2. The summed E-state index contributed by atoms with van der Waals surface area (Å²) in [5.41, 5.74) is 0.989. The van der Waals surface area contributed by atoms with Gasteiger partial charge in [0.25, 0.3) is 0 Å². The van der Waals surface area contributed by atoms with Crippen molar-refractivity contribution < 1.29 is 14.3 Å². The van der Waals surface area contributed by atoms with E-state index < -0.39 is 0 Å². The molecular formula is C19H22INO3. The number of halogens is 1. The van der Waals surface area contributed by atoms with E-state index >= 15 is 0 Å². The number of methoxy groups -OCH3 is 1. The zero-order chi connectivity index (χ0) is 16.9. The molecule has 0 spiro atoms. The lowest BCUT2D eigenvalue weighted by Crippen LogP contribution is -2.32. The summed E-state index contributed by atoms with van der Waals surface area (Å²) in [6.45, 7) is 0. The van der Waals surface area contributed by atoms with Crippen molar-refractivity contribution in [2.24, 2.45) is 10.9 Å². The van der Waals surface area contributed by atoms with E-state index in [2.05, 4.69) is 22.6 Å². The minimum absolute atomic E-state index is 0.0771. The maximum absolute atomic E-state index is 11.6. The summed E-state index contributed by atoms with van der Waals surface area (Å²) in [6, 6.07) is 10.1. The molecule has 5 heteroatoms. The standard InChI is InChI=1S/C19H22INO3/c1-23-16(22)12-15(20)18-17(13-8-4-2-5-9-13)21-19(24-18)14-10-6-3-7-11-14/h3,6-7,10-13,17-18H,2,4-5,8-9H2,1H3/b15-12-/t17-,18-/m1/s1. The number of carbonyl (C=O) groups excluding carboxylic acids is 1. The summed E-state index contributed by atoms with van der Waals surface area (Å²) in [4.78, 5) is 16.5. The number of esters is 1. The van der Waals surface area contributed by atoms with Gasteiger partial charge in [-0.25, -0.2) is 9.79 Å². The second-order valence-corrected chi connectivity index (χ2v) is 7.53. The lowest BCUT2D eigenvalue weighted by Gasteiger charge is -2.28. The fourth-order valence-corrected chi connectivity index (χ4v) is 4.20. The number of aliphatic imine (C=N–C) groups is 1. The highest BCUT2D eigenvalue weighted by Crippen LogP contribution is 2.37. The van der Waals surface area contributed by atoms with Gasteiger partial charge in [0.15, 0.2) is 6.10 Å². The van der Waals surface area contributed by atoms with Crippen LogP contribution in [-0.2, 0) is 14.3 Å². The van der Waals surface area contributed by atoms with Crippen LogP contribution in [0.5, 0.6) is 0 Å². The van der Waals surface area contributed by atoms with Crippen LogP contribution in [0.15, 0.2) is 45.0 Å². The third-order valence-corrected chi connectivity index (χ3v) is 5.62.